The highest BCUT2D eigenvalue weighted by molar-refractivity contribution is 8.09. The molecule has 3 atom stereocenters. The Kier molecular flexibility index (Phi) is 4.43. The highest BCUT2D eigenvalue weighted by Gasteiger charge is 2.56. The predicted octanol–water partition coefficient (Wildman–Crippen LogP) is 0.223. The van der Waals surface area contributed by atoms with Gasteiger partial charge in [-0.05, 0) is 12.5 Å². The van der Waals surface area contributed by atoms with Gasteiger partial charge in [-0.25, -0.2) is 0 Å². The van der Waals surface area contributed by atoms with Gasteiger partial charge in [-0.15, -0.1) is 0 Å². The molecule has 6 nitrogen and oxygen atoms in total. The van der Waals surface area contributed by atoms with Crippen molar-refractivity contribution < 1.29 is 24.3 Å². The zero-order chi connectivity index (χ0) is 18.5. The molecule has 0 unspecified atom stereocenters. The number of aliphatic hydroxyl groups excluding tert-OH is 1. The van der Waals surface area contributed by atoms with E-state index in [4.69, 9.17) is 0 Å². The third kappa shape index (κ3) is 3.19. The normalized spacial score (nSPS) is 24.2. The number of benzene rings is 1. The maximum absolute atomic E-state index is 12.2. The van der Waals surface area contributed by atoms with E-state index in [0.717, 1.165) is 22.2 Å². The molecule has 0 saturated carbocycles. The van der Waals surface area contributed by atoms with Crippen LogP contribution in [0.3, 0.4) is 0 Å². The minimum atomic E-state index is -1.36. The van der Waals surface area contributed by atoms with Crippen LogP contribution in [0.4, 0.5) is 0 Å². The van der Waals surface area contributed by atoms with Crippen molar-refractivity contribution >= 4 is 28.5 Å². The first kappa shape index (κ1) is 18.0. The van der Waals surface area contributed by atoms with Crippen molar-refractivity contribution in [3.8, 4) is 0 Å². The van der Waals surface area contributed by atoms with Crippen molar-refractivity contribution in [2.24, 2.45) is 5.92 Å². The molecule has 1 N–H and O–H groups in total. The van der Waals surface area contributed by atoms with Gasteiger partial charge in [0.05, 0.1) is 44.8 Å². The minimum absolute atomic E-state index is 0.0868. The lowest BCUT2D eigenvalue weighted by Crippen LogP contribution is -2.61. The van der Waals surface area contributed by atoms with Crippen LogP contribution in [0.5, 0.6) is 0 Å². The van der Waals surface area contributed by atoms with Crippen LogP contribution < -0.4 is 5.11 Å². The molecular formula is C18H22N2O4S. The molecule has 1 saturated heterocycles. The second-order valence-electron chi connectivity index (χ2n) is 7.59. The quantitative estimate of drug-likeness (QED) is 0.599. The van der Waals surface area contributed by atoms with E-state index in [-0.39, 0.29) is 17.0 Å². The van der Waals surface area contributed by atoms with Gasteiger partial charge < -0.3 is 19.5 Å². The molecule has 2 aliphatic rings. The number of fused-ring (bicyclic) bond motifs is 1. The fraction of sp³-hybridized carbons (Fsp3) is 0.444. The lowest BCUT2D eigenvalue weighted by atomic mass is 9.92. The van der Waals surface area contributed by atoms with Crippen molar-refractivity contribution in [2.75, 3.05) is 21.1 Å². The van der Waals surface area contributed by atoms with E-state index in [1.807, 2.05) is 24.3 Å². The van der Waals surface area contributed by atoms with E-state index in [1.54, 1.807) is 6.92 Å². The molecule has 1 fully saturated rings. The molecule has 2 heterocycles. The maximum atomic E-state index is 12.2. The molecular weight excluding hydrogens is 340 g/mol. The second kappa shape index (κ2) is 6.16. The molecule has 0 radical (unpaired) electrons. The molecule has 3 rings (SSSR count). The van der Waals surface area contributed by atoms with E-state index in [1.165, 1.54) is 16.7 Å². The van der Waals surface area contributed by atoms with Gasteiger partial charge >= 0.3 is 0 Å². The Balaban J connectivity index is 1.91. The third-order valence-corrected chi connectivity index (χ3v) is 5.78. The van der Waals surface area contributed by atoms with Gasteiger partial charge in [0.1, 0.15) is 11.9 Å². The Bertz CT molecular complexity index is 749. The average molecular weight is 362 g/mol. The number of carbonyl (C=O) groups excluding carboxylic acids is 2. The summed E-state index contributed by atoms with van der Waals surface area (Å²) in [5, 5.41) is 21.0. The summed E-state index contributed by atoms with van der Waals surface area (Å²) in [7, 11) is 6.30. The van der Waals surface area contributed by atoms with Gasteiger partial charge in [0.25, 0.3) is 0 Å². The fourth-order valence-corrected chi connectivity index (χ4v) is 4.90. The topological polar surface area (TPSA) is 80.7 Å². The number of aliphatic carboxylic acids is 1. The molecule has 0 aromatic heterocycles. The number of amides is 1. The van der Waals surface area contributed by atoms with Crippen LogP contribution in [0.25, 0.3) is 4.91 Å². The SMILES string of the molecule is C[C@@H](O)[C@H]1C(=O)N2C(C(=O)[O-])=C(c3ccc(C[N+](C)(C)C)cc3)S[C@H]12. The van der Waals surface area contributed by atoms with Gasteiger partial charge in [-0.1, -0.05) is 36.0 Å². The molecule has 1 aromatic carbocycles. The summed E-state index contributed by atoms with van der Waals surface area (Å²) in [4.78, 5) is 25.6. The number of carboxylic acid groups (broad SMARTS) is 1. The van der Waals surface area contributed by atoms with Gasteiger partial charge in [0, 0.05) is 10.5 Å². The van der Waals surface area contributed by atoms with E-state index < -0.39 is 18.0 Å². The molecule has 0 bridgehead atoms. The van der Waals surface area contributed by atoms with Crippen molar-refractivity contribution in [2.45, 2.75) is 24.9 Å². The summed E-state index contributed by atoms with van der Waals surface area (Å²) in [5.41, 5.74) is 1.81. The van der Waals surface area contributed by atoms with Crippen molar-refractivity contribution in [3.63, 3.8) is 0 Å². The Morgan fingerprint density at radius 3 is 2.40 bits per heavy atom. The van der Waals surface area contributed by atoms with Crippen molar-refractivity contribution in [3.05, 3.63) is 41.1 Å². The third-order valence-electron chi connectivity index (χ3n) is 4.36. The highest BCUT2D eigenvalue weighted by atomic mass is 32.2. The number of nitrogens with zero attached hydrogens (tertiary/aromatic N) is 2. The molecule has 134 valence electrons. The first-order valence-corrected chi connectivity index (χ1v) is 9.01. The largest absolute Gasteiger partial charge is 0.543 e. The standard InChI is InChI=1S/C18H22N2O4S/c1-10(21)13-16(22)19-14(18(23)24)15(25-17(13)19)12-7-5-11(6-8-12)9-20(2,3)4/h5-8,10,13,17,21H,9H2,1-4H3/t10-,13+,17-/m1/s1. The lowest BCUT2D eigenvalue weighted by Gasteiger charge is -2.44. The average Bonchev–Trinajstić information content (AvgIpc) is 2.81. The van der Waals surface area contributed by atoms with Crippen LogP contribution >= 0.6 is 11.8 Å². The lowest BCUT2D eigenvalue weighted by molar-refractivity contribution is -0.884. The molecule has 2 aliphatic heterocycles. The summed E-state index contributed by atoms with van der Waals surface area (Å²) in [6.07, 6.45) is -0.810. The molecule has 25 heavy (non-hydrogen) atoms. The van der Waals surface area contributed by atoms with Crippen LogP contribution in [0, 0.1) is 5.92 Å². The van der Waals surface area contributed by atoms with E-state index in [2.05, 4.69) is 21.1 Å². The van der Waals surface area contributed by atoms with Gasteiger partial charge in [0.15, 0.2) is 0 Å². The van der Waals surface area contributed by atoms with Crippen LogP contribution in [-0.2, 0) is 16.1 Å². The molecule has 0 spiro atoms. The number of rotatable bonds is 5. The number of β-lactam (4-membered cyclic amide) rings is 1. The first-order chi connectivity index (χ1) is 11.6. The van der Waals surface area contributed by atoms with Crippen LogP contribution in [0.2, 0.25) is 0 Å². The zero-order valence-corrected chi connectivity index (χ0v) is 15.5. The van der Waals surface area contributed by atoms with Gasteiger partial charge in [-0.3, -0.25) is 9.69 Å². The van der Waals surface area contributed by atoms with E-state index in [9.17, 15) is 19.8 Å². The predicted molar refractivity (Wildman–Crippen MR) is 93.5 cm³/mol. The molecule has 1 aromatic rings. The second-order valence-corrected chi connectivity index (χ2v) is 8.72. The van der Waals surface area contributed by atoms with E-state index in [0.29, 0.717) is 4.91 Å². The number of thioether (sulfide) groups is 1. The smallest absolute Gasteiger partial charge is 0.236 e. The van der Waals surface area contributed by atoms with E-state index >= 15 is 0 Å². The summed E-state index contributed by atoms with van der Waals surface area (Å²) < 4.78 is 0.793. The molecule has 0 aliphatic carbocycles. The molecule has 1 amide bonds. The Morgan fingerprint density at radius 1 is 1.32 bits per heavy atom. The Morgan fingerprint density at radius 2 is 1.92 bits per heavy atom. The van der Waals surface area contributed by atoms with Crippen molar-refractivity contribution in [1.29, 1.82) is 0 Å². The number of carboxylic acids is 1. The highest BCUT2D eigenvalue weighted by Crippen LogP contribution is 2.53. The zero-order valence-electron chi connectivity index (χ0n) is 14.7. The van der Waals surface area contributed by atoms with Crippen LogP contribution in [0.1, 0.15) is 18.1 Å². The van der Waals surface area contributed by atoms with Gasteiger partial charge in [-0.2, -0.15) is 0 Å². The first-order valence-electron chi connectivity index (χ1n) is 8.13. The van der Waals surface area contributed by atoms with Crippen molar-refractivity contribution in [1.82, 2.24) is 4.90 Å². The molecule has 7 heteroatoms. The summed E-state index contributed by atoms with van der Waals surface area (Å²) in [6, 6.07) is 7.71. The summed E-state index contributed by atoms with van der Waals surface area (Å²) >= 11 is 1.31. The summed E-state index contributed by atoms with van der Waals surface area (Å²) in [6.45, 7) is 2.41. The van der Waals surface area contributed by atoms with Crippen LogP contribution in [0.15, 0.2) is 30.0 Å². The minimum Gasteiger partial charge on any atom is -0.543 e. The maximum Gasteiger partial charge on any atom is 0.236 e. The van der Waals surface area contributed by atoms with Gasteiger partial charge in [0.2, 0.25) is 5.91 Å². The Hall–Kier alpha value is -1.83. The summed E-state index contributed by atoms with van der Waals surface area (Å²) in [5.74, 6) is -2.30. The number of quaternary nitrogens is 1. The number of hydrogen-bond acceptors (Lipinski definition) is 5. The fourth-order valence-electron chi connectivity index (χ4n) is 3.29. The number of carbonyl (C=O) groups is 2. The number of aliphatic hydroxyl groups is 1. The number of hydrogen-bond donors (Lipinski definition) is 1. The Labute approximate surface area is 151 Å². The monoisotopic (exact) mass is 362 g/mol. The van der Waals surface area contributed by atoms with Crippen LogP contribution in [-0.4, -0.2) is 59.0 Å².